The Morgan fingerprint density at radius 2 is 2.39 bits per heavy atom. The molecule has 3 rings (SSSR count). The Balaban J connectivity index is 2.07. The number of carbonyl (C=O) groups excluding carboxylic acids is 1. The summed E-state index contributed by atoms with van der Waals surface area (Å²) in [4.78, 5) is 29.5. The highest BCUT2D eigenvalue weighted by Crippen LogP contribution is 2.27. The molecule has 0 unspecified atom stereocenters. The summed E-state index contributed by atoms with van der Waals surface area (Å²) < 4.78 is 11.2. The zero-order chi connectivity index (χ0) is 16.4. The van der Waals surface area contributed by atoms with Crippen molar-refractivity contribution in [2.75, 3.05) is 6.61 Å². The van der Waals surface area contributed by atoms with Gasteiger partial charge >= 0.3 is 5.97 Å². The number of esters is 1. The Labute approximate surface area is 134 Å². The molecule has 118 valence electrons. The van der Waals surface area contributed by atoms with E-state index in [0.717, 1.165) is 16.0 Å². The van der Waals surface area contributed by atoms with E-state index in [-0.39, 0.29) is 12.2 Å². The quantitative estimate of drug-likeness (QED) is 0.541. The number of fused-ring (bicyclic) bond motifs is 1. The Bertz CT molecular complexity index is 938. The molecule has 0 aliphatic carbocycles. The van der Waals surface area contributed by atoms with E-state index < -0.39 is 5.97 Å². The maximum Gasteiger partial charge on any atom is 0.348 e. The van der Waals surface area contributed by atoms with Gasteiger partial charge in [-0.3, -0.25) is 4.79 Å². The van der Waals surface area contributed by atoms with E-state index in [1.54, 1.807) is 26.0 Å². The summed E-state index contributed by atoms with van der Waals surface area (Å²) in [5, 5.41) is 4.41. The average molecular weight is 331 g/mol. The smallest absolute Gasteiger partial charge is 0.348 e. The normalized spacial score (nSPS) is 11.4. The van der Waals surface area contributed by atoms with Crippen LogP contribution in [-0.2, 0) is 4.74 Å². The zero-order valence-electron chi connectivity index (χ0n) is 12.5. The molecule has 0 atom stereocenters. The average Bonchev–Trinajstić information content (AvgIpc) is 3.15. The molecule has 8 heteroatoms. The van der Waals surface area contributed by atoms with E-state index in [2.05, 4.69) is 10.1 Å². The molecule has 7 nitrogen and oxygen atoms in total. The molecule has 0 aliphatic rings. The van der Waals surface area contributed by atoms with Crippen molar-refractivity contribution in [1.82, 2.24) is 9.66 Å². The van der Waals surface area contributed by atoms with Crippen LogP contribution >= 0.6 is 11.3 Å². The first-order chi connectivity index (χ1) is 11.1. The molecule has 0 saturated heterocycles. The number of hydrogen-bond acceptors (Lipinski definition) is 7. The number of carbonyl (C=O) groups is 1. The second kappa shape index (κ2) is 6.17. The van der Waals surface area contributed by atoms with Crippen molar-refractivity contribution >= 4 is 33.7 Å². The highest BCUT2D eigenvalue weighted by molar-refractivity contribution is 7.20. The molecule has 0 saturated carbocycles. The van der Waals surface area contributed by atoms with E-state index in [1.165, 1.54) is 18.8 Å². The van der Waals surface area contributed by atoms with Crippen LogP contribution in [0, 0.1) is 6.92 Å². The third kappa shape index (κ3) is 2.80. The largest absolute Gasteiger partial charge is 0.463 e. The standard InChI is InChI=1S/C15H13N3O4S/c1-3-21-15(20)12-9(2)11-13(23-12)16-8-18(14(11)19)17-7-10-5-4-6-22-10/h4-8H,3H2,1-2H3/b17-7+. The number of aryl methyl sites for hydroxylation is 1. The van der Waals surface area contributed by atoms with Gasteiger partial charge in [0.2, 0.25) is 0 Å². The van der Waals surface area contributed by atoms with Crippen molar-refractivity contribution in [2.24, 2.45) is 5.10 Å². The summed E-state index contributed by atoms with van der Waals surface area (Å²) in [7, 11) is 0. The Morgan fingerprint density at radius 1 is 1.57 bits per heavy atom. The van der Waals surface area contributed by atoms with Crippen molar-refractivity contribution in [2.45, 2.75) is 13.8 Å². The van der Waals surface area contributed by atoms with Gasteiger partial charge in [-0.2, -0.15) is 9.78 Å². The number of furan rings is 1. The van der Waals surface area contributed by atoms with Crippen LogP contribution in [0.3, 0.4) is 0 Å². The van der Waals surface area contributed by atoms with Crippen LogP contribution in [0.25, 0.3) is 10.2 Å². The molecule has 3 aromatic heterocycles. The lowest BCUT2D eigenvalue weighted by Gasteiger charge is -1.99. The topological polar surface area (TPSA) is 86.7 Å². The van der Waals surface area contributed by atoms with Crippen molar-refractivity contribution in [3.8, 4) is 0 Å². The molecule has 0 spiro atoms. The number of ether oxygens (including phenoxy) is 1. The molecule has 0 aromatic carbocycles. The summed E-state index contributed by atoms with van der Waals surface area (Å²) in [5.41, 5.74) is 0.214. The first-order valence-electron chi connectivity index (χ1n) is 6.87. The van der Waals surface area contributed by atoms with Gasteiger partial charge in [0.05, 0.1) is 24.5 Å². The van der Waals surface area contributed by atoms with Gasteiger partial charge in [0, 0.05) is 0 Å². The minimum atomic E-state index is -0.446. The minimum absolute atomic E-state index is 0.275. The first-order valence-corrected chi connectivity index (χ1v) is 7.69. The molecule has 0 bridgehead atoms. The molecule has 3 aromatic rings. The van der Waals surface area contributed by atoms with Crippen LogP contribution in [0.2, 0.25) is 0 Å². The van der Waals surface area contributed by atoms with E-state index in [0.29, 0.717) is 26.4 Å². The summed E-state index contributed by atoms with van der Waals surface area (Å²) in [6.07, 6.45) is 4.25. The summed E-state index contributed by atoms with van der Waals surface area (Å²) in [6, 6.07) is 3.44. The van der Waals surface area contributed by atoms with Crippen LogP contribution in [0.4, 0.5) is 0 Å². The molecule has 3 heterocycles. The molecule has 0 radical (unpaired) electrons. The number of rotatable bonds is 4. The van der Waals surface area contributed by atoms with Crippen LogP contribution < -0.4 is 5.56 Å². The SMILES string of the molecule is CCOC(=O)c1sc2ncn(/N=C/c3ccco3)c(=O)c2c1C. The highest BCUT2D eigenvalue weighted by atomic mass is 32.1. The molecule has 23 heavy (non-hydrogen) atoms. The predicted octanol–water partition coefficient (Wildman–Crippen LogP) is 2.42. The fraction of sp³-hybridized carbons (Fsp3) is 0.200. The monoisotopic (exact) mass is 331 g/mol. The molecule has 0 amide bonds. The Kier molecular flexibility index (Phi) is 4.07. The van der Waals surface area contributed by atoms with Gasteiger partial charge in [0.25, 0.3) is 5.56 Å². The third-order valence-electron chi connectivity index (χ3n) is 3.15. The van der Waals surface area contributed by atoms with Crippen LogP contribution in [0.1, 0.15) is 27.9 Å². The van der Waals surface area contributed by atoms with Crippen LogP contribution in [0.15, 0.2) is 39.0 Å². The molecular weight excluding hydrogens is 318 g/mol. The first kappa shape index (κ1) is 15.2. The van der Waals surface area contributed by atoms with Gasteiger partial charge in [-0.1, -0.05) is 0 Å². The van der Waals surface area contributed by atoms with E-state index in [4.69, 9.17) is 9.15 Å². The van der Waals surface area contributed by atoms with Crippen molar-refractivity contribution in [3.63, 3.8) is 0 Å². The van der Waals surface area contributed by atoms with Crippen LogP contribution in [-0.4, -0.2) is 28.5 Å². The Morgan fingerprint density at radius 3 is 3.09 bits per heavy atom. The van der Waals surface area contributed by atoms with Gasteiger partial charge in [-0.05, 0) is 31.5 Å². The van der Waals surface area contributed by atoms with Gasteiger partial charge < -0.3 is 9.15 Å². The minimum Gasteiger partial charge on any atom is -0.463 e. The number of thiophene rings is 1. The second-order valence-electron chi connectivity index (χ2n) is 4.61. The Hall–Kier alpha value is -2.74. The van der Waals surface area contributed by atoms with Crippen LogP contribution in [0.5, 0.6) is 0 Å². The number of hydrogen-bond donors (Lipinski definition) is 0. The summed E-state index contributed by atoms with van der Waals surface area (Å²) >= 11 is 1.14. The summed E-state index contributed by atoms with van der Waals surface area (Å²) in [5.74, 6) is 0.0734. The zero-order valence-corrected chi connectivity index (χ0v) is 13.3. The fourth-order valence-corrected chi connectivity index (χ4v) is 3.11. The van der Waals surface area contributed by atoms with Gasteiger partial charge in [-0.25, -0.2) is 9.78 Å². The van der Waals surface area contributed by atoms with Gasteiger partial charge in [-0.15, -0.1) is 11.3 Å². The maximum absolute atomic E-state index is 12.5. The molecule has 0 N–H and O–H groups in total. The van der Waals surface area contributed by atoms with Crippen molar-refractivity contribution in [3.05, 3.63) is 51.3 Å². The van der Waals surface area contributed by atoms with Gasteiger partial charge in [0.1, 0.15) is 21.8 Å². The third-order valence-corrected chi connectivity index (χ3v) is 4.33. The lowest BCUT2D eigenvalue weighted by Crippen LogP contribution is -2.17. The second-order valence-corrected chi connectivity index (χ2v) is 5.61. The highest BCUT2D eigenvalue weighted by Gasteiger charge is 2.20. The maximum atomic E-state index is 12.5. The lowest BCUT2D eigenvalue weighted by molar-refractivity contribution is 0.0531. The molecule has 0 aliphatic heterocycles. The number of aromatic nitrogens is 2. The predicted molar refractivity (Wildman–Crippen MR) is 86.3 cm³/mol. The van der Waals surface area contributed by atoms with Crippen molar-refractivity contribution in [1.29, 1.82) is 0 Å². The van der Waals surface area contributed by atoms with Gasteiger partial charge in [0.15, 0.2) is 0 Å². The van der Waals surface area contributed by atoms with E-state index in [9.17, 15) is 9.59 Å². The molecular formula is C15H13N3O4S. The molecule has 0 fully saturated rings. The van der Waals surface area contributed by atoms with E-state index >= 15 is 0 Å². The fourth-order valence-electron chi connectivity index (χ4n) is 2.07. The number of nitrogens with zero attached hydrogens (tertiary/aromatic N) is 3. The van der Waals surface area contributed by atoms with Crippen molar-refractivity contribution < 1.29 is 13.9 Å². The summed E-state index contributed by atoms with van der Waals surface area (Å²) in [6.45, 7) is 3.71. The van der Waals surface area contributed by atoms with E-state index in [1.807, 2.05) is 0 Å². The lowest BCUT2D eigenvalue weighted by atomic mass is 10.2.